The molecule has 2 aromatic rings. The number of rotatable bonds is 7. The minimum absolute atomic E-state index is 0.268. The number of ketones is 1. The van der Waals surface area contributed by atoms with Crippen molar-refractivity contribution < 1.29 is 19.1 Å². The van der Waals surface area contributed by atoms with E-state index in [-0.39, 0.29) is 5.02 Å². The molecule has 0 heterocycles. The van der Waals surface area contributed by atoms with Crippen molar-refractivity contribution >= 4 is 46.3 Å². The van der Waals surface area contributed by atoms with Crippen LogP contribution in [0.1, 0.15) is 12.5 Å². The molecule has 2 rings (SSSR count). The van der Waals surface area contributed by atoms with Gasteiger partial charge in [0, 0.05) is 22.8 Å². The number of carbonyl (C=O) groups is 2. The van der Waals surface area contributed by atoms with Crippen molar-refractivity contribution in [3.05, 3.63) is 45.9 Å². The highest BCUT2D eigenvalue weighted by Crippen LogP contribution is 2.37. The predicted molar refractivity (Wildman–Crippen MR) is 108 cm³/mol. The second kappa shape index (κ2) is 9.52. The van der Waals surface area contributed by atoms with Gasteiger partial charge in [-0.2, -0.15) is 10.2 Å². The number of aryl methyl sites for hydroxylation is 1. The molecule has 0 radical (unpaired) electrons. The number of benzene rings is 2. The highest BCUT2D eigenvalue weighted by atomic mass is 35.5. The van der Waals surface area contributed by atoms with Gasteiger partial charge in [0.15, 0.2) is 5.78 Å². The Morgan fingerprint density at radius 2 is 1.68 bits per heavy atom. The molecule has 0 bridgehead atoms. The number of methoxy groups -OCH3 is 2. The lowest BCUT2D eigenvalue weighted by Gasteiger charge is -2.13. The van der Waals surface area contributed by atoms with Gasteiger partial charge in [-0.15, -0.1) is 0 Å². The van der Waals surface area contributed by atoms with Crippen LogP contribution in [0.4, 0.5) is 11.4 Å². The zero-order valence-electron chi connectivity index (χ0n) is 15.7. The Hall–Kier alpha value is -2.64. The molecular weight excluding hydrogens is 405 g/mol. The third kappa shape index (κ3) is 5.21. The largest absolute Gasteiger partial charge is 0.495 e. The first-order valence-electron chi connectivity index (χ1n) is 8.16. The molecule has 0 aliphatic rings. The van der Waals surface area contributed by atoms with Crippen LogP contribution in [0.5, 0.6) is 11.5 Å². The van der Waals surface area contributed by atoms with Gasteiger partial charge in [0.05, 0.1) is 19.9 Å². The molecule has 148 valence electrons. The number of carbonyl (C=O) groups excluding carboxylic acids is 2. The summed E-state index contributed by atoms with van der Waals surface area (Å²) in [6.45, 7) is 3.08. The maximum Gasteiger partial charge on any atom is 0.258 e. The van der Waals surface area contributed by atoms with E-state index in [9.17, 15) is 9.59 Å². The zero-order valence-corrected chi connectivity index (χ0v) is 17.3. The number of amides is 1. The van der Waals surface area contributed by atoms with Crippen molar-refractivity contribution in [2.45, 2.75) is 19.9 Å². The lowest BCUT2D eigenvalue weighted by Crippen LogP contribution is -2.31. The van der Waals surface area contributed by atoms with Gasteiger partial charge in [-0.1, -0.05) is 23.2 Å². The topological polar surface area (TPSA) is 89.4 Å². The van der Waals surface area contributed by atoms with Crippen LogP contribution in [0, 0.1) is 6.92 Å². The quantitative estimate of drug-likeness (QED) is 0.501. The maximum absolute atomic E-state index is 12.6. The Labute approximate surface area is 172 Å². The molecule has 0 fully saturated rings. The number of anilines is 1. The lowest BCUT2D eigenvalue weighted by atomic mass is 10.2. The Bertz CT molecular complexity index is 906. The summed E-state index contributed by atoms with van der Waals surface area (Å²) in [5.41, 5.74) is 1.63. The van der Waals surface area contributed by atoms with E-state index in [1.54, 1.807) is 18.2 Å². The molecule has 0 aliphatic carbocycles. The van der Waals surface area contributed by atoms with Crippen LogP contribution in [-0.2, 0) is 9.59 Å². The van der Waals surface area contributed by atoms with Crippen LogP contribution >= 0.6 is 23.2 Å². The molecular formula is C19H19Cl2N3O4. The van der Waals surface area contributed by atoms with Gasteiger partial charge in [0.25, 0.3) is 5.91 Å². The van der Waals surface area contributed by atoms with Crippen LogP contribution in [0.2, 0.25) is 10.0 Å². The Morgan fingerprint density at radius 1 is 1.07 bits per heavy atom. The van der Waals surface area contributed by atoms with Gasteiger partial charge in [0.1, 0.15) is 16.5 Å². The van der Waals surface area contributed by atoms with Crippen LogP contribution in [-0.4, -0.2) is 32.0 Å². The van der Waals surface area contributed by atoms with E-state index in [2.05, 4.69) is 15.5 Å². The fraction of sp³-hybridized carbons (Fsp3) is 0.263. The van der Waals surface area contributed by atoms with Crippen molar-refractivity contribution in [3.8, 4) is 11.5 Å². The first-order valence-corrected chi connectivity index (χ1v) is 8.92. The van der Waals surface area contributed by atoms with Crippen molar-refractivity contribution in [2.75, 3.05) is 19.5 Å². The van der Waals surface area contributed by atoms with Crippen LogP contribution in [0.15, 0.2) is 40.6 Å². The molecule has 9 heteroatoms. The summed E-state index contributed by atoms with van der Waals surface area (Å²) in [4.78, 5) is 24.5. The fourth-order valence-electron chi connectivity index (χ4n) is 2.29. The first-order chi connectivity index (χ1) is 13.3. The minimum atomic E-state index is -1.32. The lowest BCUT2D eigenvalue weighted by molar-refractivity contribution is -0.126. The van der Waals surface area contributed by atoms with Crippen molar-refractivity contribution in [1.82, 2.24) is 0 Å². The molecule has 1 atom stereocenters. The third-order valence-corrected chi connectivity index (χ3v) is 4.57. The highest BCUT2D eigenvalue weighted by Gasteiger charge is 2.24. The van der Waals surface area contributed by atoms with Crippen molar-refractivity contribution in [3.63, 3.8) is 0 Å². The number of hydrogen-bond acceptors (Lipinski definition) is 6. The monoisotopic (exact) mass is 423 g/mol. The van der Waals surface area contributed by atoms with Gasteiger partial charge in [0.2, 0.25) is 6.04 Å². The highest BCUT2D eigenvalue weighted by molar-refractivity contribution is 6.33. The van der Waals surface area contributed by atoms with E-state index in [1.807, 2.05) is 6.92 Å². The summed E-state index contributed by atoms with van der Waals surface area (Å²) in [5.74, 6) is -0.476. The van der Waals surface area contributed by atoms with E-state index in [4.69, 9.17) is 32.7 Å². The summed E-state index contributed by atoms with van der Waals surface area (Å²) < 4.78 is 10.3. The summed E-state index contributed by atoms with van der Waals surface area (Å²) in [5, 5.41) is 11.3. The van der Waals surface area contributed by atoms with Crippen molar-refractivity contribution in [1.29, 1.82) is 0 Å². The molecule has 0 saturated heterocycles. The molecule has 7 nitrogen and oxygen atoms in total. The minimum Gasteiger partial charge on any atom is -0.495 e. The Kier molecular flexibility index (Phi) is 7.37. The fourth-order valence-corrected chi connectivity index (χ4v) is 2.67. The number of nitrogens with zero attached hydrogens (tertiary/aromatic N) is 2. The molecule has 1 N–H and O–H groups in total. The molecule has 2 aromatic carbocycles. The number of nitrogens with one attached hydrogen (secondary N) is 1. The van der Waals surface area contributed by atoms with E-state index in [0.29, 0.717) is 27.9 Å². The van der Waals surface area contributed by atoms with Crippen LogP contribution in [0.25, 0.3) is 0 Å². The van der Waals surface area contributed by atoms with E-state index < -0.39 is 17.7 Å². The molecule has 1 unspecified atom stereocenters. The second-order valence-corrected chi connectivity index (χ2v) is 6.63. The van der Waals surface area contributed by atoms with E-state index >= 15 is 0 Å². The van der Waals surface area contributed by atoms with E-state index in [0.717, 1.165) is 5.56 Å². The number of hydrogen-bond donors (Lipinski definition) is 1. The predicted octanol–water partition coefficient (Wildman–Crippen LogP) is 5.00. The first kappa shape index (κ1) is 21.7. The van der Waals surface area contributed by atoms with Crippen LogP contribution in [0.3, 0.4) is 0 Å². The average molecular weight is 424 g/mol. The summed E-state index contributed by atoms with van der Waals surface area (Å²) in [6, 6.07) is 6.72. The number of Topliss-reactive ketones (excluding diaryl/α,β-unsaturated/α-hetero) is 1. The third-order valence-electron chi connectivity index (χ3n) is 3.78. The normalized spacial score (nSPS) is 11.9. The van der Waals surface area contributed by atoms with Crippen molar-refractivity contribution in [2.24, 2.45) is 10.2 Å². The molecule has 0 saturated carbocycles. The molecule has 0 aromatic heterocycles. The number of halogens is 2. The van der Waals surface area contributed by atoms with E-state index in [1.165, 1.54) is 33.3 Å². The molecule has 0 spiro atoms. The van der Waals surface area contributed by atoms with Gasteiger partial charge >= 0.3 is 0 Å². The smallest absolute Gasteiger partial charge is 0.258 e. The molecule has 1 amide bonds. The SMILES string of the molecule is COc1cc(NC(=O)C(N=Nc2ccc(Cl)c(C)c2)C(C)=O)cc(OC)c1Cl. The second-order valence-electron chi connectivity index (χ2n) is 5.85. The Balaban J connectivity index is 2.25. The van der Waals surface area contributed by atoms with Gasteiger partial charge in [-0.25, -0.2) is 0 Å². The number of azo groups is 1. The summed E-state index contributed by atoms with van der Waals surface area (Å²) >= 11 is 12.1. The summed E-state index contributed by atoms with van der Waals surface area (Å²) in [6.07, 6.45) is 0. The maximum atomic E-state index is 12.6. The van der Waals surface area contributed by atoms with Gasteiger partial charge in [-0.05, 0) is 37.6 Å². The zero-order chi connectivity index (χ0) is 20.8. The standard InChI is InChI=1S/C19H19Cl2N3O4/c1-10-7-12(5-6-14(10)20)23-24-18(11(2)25)19(26)22-13-8-15(27-3)17(21)16(9-13)28-4/h5-9,18H,1-4H3,(H,22,26). The average Bonchev–Trinajstić information content (AvgIpc) is 2.65. The van der Waals surface area contributed by atoms with Crippen LogP contribution < -0.4 is 14.8 Å². The number of ether oxygens (including phenoxy) is 2. The molecule has 0 aliphatic heterocycles. The summed E-state index contributed by atoms with van der Waals surface area (Å²) in [7, 11) is 2.87. The van der Waals surface area contributed by atoms with Gasteiger partial charge in [-0.3, -0.25) is 9.59 Å². The Morgan fingerprint density at radius 3 is 2.18 bits per heavy atom. The molecule has 28 heavy (non-hydrogen) atoms. The van der Waals surface area contributed by atoms with Gasteiger partial charge < -0.3 is 14.8 Å².